The molecule has 1 aromatic carbocycles. The van der Waals surface area contributed by atoms with Gasteiger partial charge in [0.15, 0.2) is 24.7 Å². The third-order valence-corrected chi connectivity index (χ3v) is 11.3. The van der Waals surface area contributed by atoms with E-state index in [9.17, 15) is 20.4 Å². The van der Waals surface area contributed by atoms with Crippen LogP contribution in [0, 0.1) is 35.0 Å². The van der Waals surface area contributed by atoms with E-state index >= 15 is 0 Å². The van der Waals surface area contributed by atoms with E-state index in [2.05, 4.69) is 12.1 Å². The van der Waals surface area contributed by atoms with Gasteiger partial charge in [-0.05, 0) is 143 Å². The monoisotopic (exact) mass is 736 g/mol. The third kappa shape index (κ3) is 9.76. The number of aliphatic hydroxyl groups is 1. The summed E-state index contributed by atoms with van der Waals surface area (Å²) >= 11 is 0. The zero-order chi connectivity index (χ0) is 37.2. The van der Waals surface area contributed by atoms with Gasteiger partial charge in [0.25, 0.3) is 0 Å². The minimum Gasteiger partial charge on any atom is -0.508 e. The largest absolute Gasteiger partial charge is 0.508 e. The summed E-state index contributed by atoms with van der Waals surface area (Å²) in [4.78, 5) is 11.9. The molecule has 3 aliphatic carbocycles. The summed E-state index contributed by atoms with van der Waals surface area (Å²) in [6.45, 7) is 7.17. The Morgan fingerprint density at radius 1 is 0.868 bits per heavy atom. The van der Waals surface area contributed by atoms with Gasteiger partial charge in [-0.1, -0.05) is 13.5 Å². The van der Waals surface area contributed by atoms with Crippen LogP contribution >= 0.6 is 0 Å². The first-order chi connectivity index (χ1) is 25.1. The number of benzene rings is 1. The number of fused-ring (bicyclic) bond motifs is 2. The number of nitriles is 2. The zero-order valence-corrected chi connectivity index (χ0v) is 31.1. The SMILES string of the molecule is C.COC12C=C(C)C(=O)C=C1CC2(C#N)CCCOC1CCCCO1.Cc1cc2c(cc1O)CC2(C#N)CCCOC1CCCCO1.OC1CCCO1. The predicted octanol–water partition coefficient (Wildman–Crippen LogP) is 7.16. The Labute approximate surface area is 315 Å². The molecule has 0 spiro atoms. The molecule has 53 heavy (non-hydrogen) atoms. The highest BCUT2D eigenvalue weighted by molar-refractivity contribution is 6.06. The molecule has 0 amide bonds. The molecule has 4 fully saturated rings. The molecule has 0 radical (unpaired) electrons. The number of methoxy groups -OCH3 is 1. The Morgan fingerprint density at radius 3 is 2.02 bits per heavy atom. The number of aromatic hydroxyl groups is 1. The molecule has 6 unspecified atom stereocenters. The number of hydrogen-bond donors (Lipinski definition) is 2. The van der Waals surface area contributed by atoms with E-state index in [4.69, 9.17) is 33.5 Å². The highest BCUT2D eigenvalue weighted by Gasteiger charge is 2.63. The number of aryl methyl sites for hydroxylation is 1. The van der Waals surface area contributed by atoms with Gasteiger partial charge in [0.2, 0.25) is 0 Å². The van der Waals surface area contributed by atoms with Crippen LogP contribution in [0.4, 0.5) is 0 Å². The van der Waals surface area contributed by atoms with Crippen LogP contribution in [0.15, 0.2) is 35.4 Å². The molecule has 2 N–H and O–H groups in total. The molecular formula is C42H60N2O9. The fourth-order valence-corrected chi connectivity index (χ4v) is 8.11. The van der Waals surface area contributed by atoms with E-state index in [1.807, 2.05) is 19.1 Å². The molecule has 11 heteroatoms. The average molecular weight is 737 g/mol. The highest BCUT2D eigenvalue weighted by Crippen LogP contribution is 2.60. The minimum absolute atomic E-state index is 0. The van der Waals surface area contributed by atoms with Crippen molar-refractivity contribution in [2.75, 3.05) is 40.1 Å². The van der Waals surface area contributed by atoms with Gasteiger partial charge in [-0.15, -0.1) is 0 Å². The van der Waals surface area contributed by atoms with Crippen LogP contribution in [0.3, 0.4) is 0 Å². The number of carbonyl (C=O) groups is 1. The second kappa shape index (κ2) is 19.5. The van der Waals surface area contributed by atoms with Crippen molar-refractivity contribution < 1.29 is 43.4 Å². The van der Waals surface area contributed by atoms with Crippen LogP contribution in [0.2, 0.25) is 0 Å². The van der Waals surface area contributed by atoms with Crippen LogP contribution < -0.4 is 0 Å². The second-order valence-electron chi connectivity index (χ2n) is 14.8. The molecule has 7 rings (SSSR count). The van der Waals surface area contributed by atoms with Crippen LogP contribution in [0.25, 0.3) is 0 Å². The normalized spacial score (nSPS) is 31.1. The number of allylic oxidation sites excluding steroid dienone is 2. The van der Waals surface area contributed by atoms with Crippen molar-refractivity contribution in [1.29, 1.82) is 10.5 Å². The molecule has 3 saturated heterocycles. The number of nitrogens with zero attached hydrogens (tertiary/aromatic N) is 2. The Morgan fingerprint density at radius 2 is 1.51 bits per heavy atom. The molecule has 11 nitrogen and oxygen atoms in total. The quantitative estimate of drug-likeness (QED) is 0.222. The lowest BCUT2D eigenvalue weighted by Crippen LogP contribution is -2.60. The molecule has 6 aliphatic rings. The first-order valence-corrected chi connectivity index (χ1v) is 19.0. The lowest BCUT2D eigenvalue weighted by atomic mass is 9.50. The molecule has 292 valence electrons. The molecule has 1 aromatic rings. The van der Waals surface area contributed by atoms with Crippen molar-refractivity contribution in [3.8, 4) is 17.9 Å². The van der Waals surface area contributed by atoms with Gasteiger partial charge in [0.05, 0.1) is 23.0 Å². The summed E-state index contributed by atoms with van der Waals surface area (Å²) in [5.74, 6) is 0.338. The molecule has 0 aromatic heterocycles. The lowest BCUT2D eigenvalue weighted by molar-refractivity contribution is -0.165. The van der Waals surface area contributed by atoms with Gasteiger partial charge in [-0.3, -0.25) is 4.79 Å². The summed E-state index contributed by atoms with van der Waals surface area (Å²) in [5.41, 5.74) is 2.81. The van der Waals surface area contributed by atoms with E-state index in [0.717, 1.165) is 113 Å². The Kier molecular flexibility index (Phi) is 15.6. The van der Waals surface area contributed by atoms with Crippen molar-refractivity contribution >= 4 is 5.78 Å². The maximum atomic E-state index is 11.9. The number of ketones is 1. The zero-order valence-electron chi connectivity index (χ0n) is 31.1. The van der Waals surface area contributed by atoms with Gasteiger partial charge in [0, 0.05) is 46.6 Å². The molecular weight excluding hydrogens is 676 g/mol. The predicted molar refractivity (Wildman–Crippen MR) is 199 cm³/mol. The van der Waals surface area contributed by atoms with E-state index in [1.54, 1.807) is 26.2 Å². The number of aliphatic hydroxyl groups excluding tert-OH is 1. The van der Waals surface area contributed by atoms with Crippen molar-refractivity contribution in [2.24, 2.45) is 5.41 Å². The second-order valence-corrected chi connectivity index (χ2v) is 14.8. The maximum Gasteiger partial charge on any atom is 0.181 e. The minimum atomic E-state index is -0.749. The number of carbonyl (C=O) groups excluding carboxylic acids is 1. The molecule has 3 aliphatic heterocycles. The number of ether oxygens (including phenoxy) is 6. The van der Waals surface area contributed by atoms with Crippen molar-refractivity contribution in [1.82, 2.24) is 0 Å². The fraction of sp³-hybridized carbons (Fsp3) is 0.690. The van der Waals surface area contributed by atoms with Gasteiger partial charge in [-0.25, -0.2) is 0 Å². The van der Waals surface area contributed by atoms with Crippen LogP contribution in [0.1, 0.15) is 115 Å². The first kappa shape index (κ1) is 42.6. The Hall–Kier alpha value is -3.13. The van der Waals surface area contributed by atoms with E-state index in [0.29, 0.717) is 37.4 Å². The number of rotatable bonds is 11. The molecule has 1 saturated carbocycles. The Bertz CT molecular complexity index is 1530. The van der Waals surface area contributed by atoms with Gasteiger partial charge < -0.3 is 38.6 Å². The summed E-state index contributed by atoms with van der Waals surface area (Å²) in [6.07, 6.45) is 15.6. The van der Waals surface area contributed by atoms with Gasteiger partial charge in [0.1, 0.15) is 11.4 Å². The summed E-state index contributed by atoms with van der Waals surface area (Å²) in [6, 6.07) is 8.72. The Balaban J connectivity index is 0.000000201. The topological polar surface area (TPSA) is 160 Å². The van der Waals surface area contributed by atoms with E-state index in [-0.39, 0.29) is 25.8 Å². The summed E-state index contributed by atoms with van der Waals surface area (Å²) in [5, 5.41) is 37.7. The van der Waals surface area contributed by atoms with Crippen molar-refractivity contribution in [3.63, 3.8) is 0 Å². The highest BCUT2D eigenvalue weighted by atomic mass is 16.7. The summed E-state index contributed by atoms with van der Waals surface area (Å²) < 4.78 is 33.1. The third-order valence-electron chi connectivity index (χ3n) is 11.3. The number of hydrogen-bond acceptors (Lipinski definition) is 11. The average Bonchev–Trinajstić information content (AvgIpc) is 3.65. The van der Waals surface area contributed by atoms with Crippen LogP contribution in [-0.2, 0) is 45.1 Å². The van der Waals surface area contributed by atoms with E-state index in [1.165, 1.54) is 6.42 Å². The molecule has 6 atom stereocenters. The van der Waals surface area contributed by atoms with Gasteiger partial charge >= 0.3 is 0 Å². The fourth-order valence-electron chi connectivity index (χ4n) is 8.11. The van der Waals surface area contributed by atoms with Crippen molar-refractivity contribution in [3.05, 3.63) is 52.1 Å². The summed E-state index contributed by atoms with van der Waals surface area (Å²) in [7, 11) is 1.62. The first-order valence-electron chi connectivity index (χ1n) is 19.0. The van der Waals surface area contributed by atoms with Gasteiger partial charge in [-0.2, -0.15) is 10.5 Å². The number of phenolic OH excluding ortho intramolecular Hbond substituents is 1. The lowest BCUT2D eigenvalue weighted by Gasteiger charge is -2.56. The van der Waals surface area contributed by atoms with Crippen LogP contribution in [0.5, 0.6) is 5.75 Å². The van der Waals surface area contributed by atoms with E-state index < -0.39 is 22.7 Å². The number of phenols is 1. The standard InChI is InChI=1S/C19H25NO4.C18H23NO3.C4H8O2.CH4/c1-14-11-19(22-2)15(10-16(14)21)12-18(19,13-20)7-5-9-24-17-6-3-4-8-23-17;1-13-9-15-14(10-16(13)20)11-18(15,12-19)6-4-8-22-17-5-2-3-7-21-17;5-4-2-1-3-6-4;/h10-11,17H,3-9,12H2,1-2H3;9-10,17,20H,2-8,11H2,1H3;4-5H,1-3H2;1H4. The smallest absolute Gasteiger partial charge is 0.181 e. The molecule has 3 heterocycles. The maximum absolute atomic E-state index is 11.9. The van der Waals surface area contributed by atoms with Crippen molar-refractivity contribution in [2.45, 2.75) is 141 Å². The molecule has 0 bridgehead atoms. The van der Waals surface area contributed by atoms with Crippen LogP contribution in [-0.4, -0.2) is 80.6 Å².